The first-order chi connectivity index (χ1) is 6.07. The maximum atomic E-state index is 5.96. The van der Waals surface area contributed by atoms with Gasteiger partial charge in [0.05, 0.1) is 8.07 Å². The summed E-state index contributed by atoms with van der Waals surface area (Å²) in [6, 6.07) is 9.13. The molecule has 2 rings (SSSR count). The van der Waals surface area contributed by atoms with Gasteiger partial charge < -0.3 is 0 Å². The van der Waals surface area contributed by atoms with E-state index >= 15 is 0 Å². The Bertz CT molecular complexity index is 331. The summed E-state index contributed by atoms with van der Waals surface area (Å²) in [5.74, 6) is 0. The van der Waals surface area contributed by atoms with Gasteiger partial charge in [0, 0.05) is 5.02 Å². The summed E-state index contributed by atoms with van der Waals surface area (Å²) in [7, 11) is -0.902. The lowest BCUT2D eigenvalue weighted by atomic mass is 10.1. The van der Waals surface area contributed by atoms with Crippen LogP contribution >= 0.6 is 11.6 Å². The lowest BCUT2D eigenvalue weighted by Crippen LogP contribution is -2.33. The molecule has 70 valence electrons. The van der Waals surface area contributed by atoms with Gasteiger partial charge in [-0.25, -0.2) is 0 Å². The third-order valence-corrected chi connectivity index (χ3v) is 6.09. The number of hydrogen-bond acceptors (Lipinski definition) is 0. The van der Waals surface area contributed by atoms with Crippen LogP contribution in [-0.2, 0) is 12.5 Å². The molecule has 0 aliphatic carbocycles. The van der Waals surface area contributed by atoms with Crippen LogP contribution in [0.4, 0.5) is 0 Å². The summed E-state index contributed by atoms with van der Waals surface area (Å²) >= 11 is 5.96. The smallest absolute Gasteiger partial charge is 0.0521 e. The van der Waals surface area contributed by atoms with Crippen LogP contribution in [0.25, 0.3) is 0 Å². The third-order valence-electron chi connectivity index (χ3n) is 2.91. The number of hydrogen-bond donors (Lipinski definition) is 0. The van der Waals surface area contributed by atoms with Crippen LogP contribution in [0.3, 0.4) is 0 Å². The second-order valence-corrected chi connectivity index (χ2v) is 10.4. The molecule has 2 heteroatoms. The molecule has 0 fully saturated rings. The molecule has 0 unspecified atom stereocenters. The quantitative estimate of drug-likeness (QED) is 0.573. The van der Waals surface area contributed by atoms with E-state index in [9.17, 15) is 0 Å². The minimum Gasteiger partial charge on any atom is -0.0843 e. The molecule has 0 atom stereocenters. The van der Waals surface area contributed by atoms with Crippen LogP contribution < -0.4 is 0 Å². The van der Waals surface area contributed by atoms with Crippen LogP contribution in [0.15, 0.2) is 18.2 Å². The average Bonchev–Trinajstić information content (AvgIpc) is 2.05. The van der Waals surface area contributed by atoms with E-state index in [0.29, 0.717) is 0 Å². The summed E-state index contributed by atoms with van der Waals surface area (Å²) in [5.41, 5.74) is 3.03. The molecular formula is C11H15ClSi. The van der Waals surface area contributed by atoms with Crippen LogP contribution in [0.1, 0.15) is 11.1 Å². The number of halogens is 1. The minimum atomic E-state index is -0.902. The Morgan fingerprint density at radius 3 is 2.77 bits per heavy atom. The third kappa shape index (κ3) is 1.97. The van der Waals surface area contributed by atoms with E-state index in [4.69, 9.17) is 11.6 Å². The van der Waals surface area contributed by atoms with Gasteiger partial charge in [-0.15, -0.1) is 0 Å². The fourth-order valence-corrected chi connectivity index (χ4v) is 4.77. The molecule has 0 aromatic heterocycles. The molecule has 1 aromatic carbocycles. The van der Waals surface area contributed by atoms with Crippen molar-refractivity contribution < 1.29 is 0 Å². The Hall–Kier alpha value is -0.273. The predicted octanol–water partition coefficient (Wildman–Crippen LogP) is 3.69. The molecule has 0 bridgehead atoms. The first-order valence-corrected chi connectivity index (χ1v) is 8.63. The molecular weight excluding hydrogens is 196 g/mol. The molecule has 1 heterocycles. The second kappa shape index (κ2) is 3.14. The van der Waals surface area contributed by atoms with Crippen LogP contribution in [0, 0.1) is 0 Å². The normalized spacial score (nSPS) is 19.6. The molecule has 0 saturated carbocycles. The molecule has 1 aliphatic rings. The van der Waals surface area contributed by atoms with Crippen molar-refractivity contribution in [2.75, 3.05) is 0 Å². The summed E-state index contributed by atoms with van der Waals surface area (Å²) in [5, 5.41) is 0.889. The van der Waals surface area contributed by atoms with Gasteiger partial charge in [-0.05, 0) is 35.7 Å². The van der Waals surface area contributed by atoms with Gasteiger partial charge in [-0.2, -0.15) is 0 Å². The van der Waals surface area contributed by atoms with Crippen molar-refractivity contribution in [3.63, 3.8) is 0 Å². The number of fused-ring (bicyclic) bond motifs is 1. The number of rotatable bonds is 0. The van der Waals surface area contributed by atoms with Crippen LogP contribution in [-0.4, -0.2) is 8.07 Å². The predicted molar refractivity (Wildman–Crippen MR) is 61.1 cm³/mol. The molecule has 0 N–H and O–H groups in total. The second-order valence-electron chi connectivity index (χ2n) is 4.75. The van der Waals surface area contributed by atoms with Gasteiger partial charge in [-0.3, -0.25) is 0 Å². The Kier molecular flexibility index (Phi) is 2.24. The fraction of sp³-hybridized carbons (Fsp3) is 0.455. The van der Waals surface area contributed by atoms with E-state index in [-0.39, 0.29) is 0 Å². The van der Waals surface area contributed by atoms with E-state index in [1.807, 2.05) is 6.07 Å². The highest BCUT2D eigenvalue weighted by molar-refractivity contribution is 6.77. The molecule has 0 saturated heterocycles. The largest absolute Gasteiger partial charge is 0.0843 e. The summed E-state index contributed by atoms with van der Waals surface area (Å²) in [4.78, 5) is 0. The fourth-order valence-electron chi connectivity index (χ4n) is 2.08. The first-order valence-electron chi connectivity index (χ1n) is 4.84. The van der Waals surface area contributed by atoms with E-state index in [2.05, 4.69) is 25.2 Å². The number of benzene rings is 1. The summed E-state index contributed by atoms with van der Waals surface area (Å²) in [6.07, 6.45) is 1.25. The van der Waals surface area contributed by atoms with Crippen molar-refractivity contribution in [3.8, 4) is 0 Å². The monoisotopic (exact) mass is 210 g/mol. The first kappa shape index (κ1) is 9.29. The van der Waals surface area contributed by atoms with Gasteiger partial charge in [-0.1, -0.05) is 36.8 Å². The Balaban J connectivity index is 2.37. The van der Waals surface area contributed by atoms with Gasteiger partial charge in [0.1, 0.15) is 0 Å². The van der Waals surface area contributed by atoms with Crippen molar-refractivity contribution >= 4 is 19.7 Å². The van der Waals surface area contributed by atoms with E-state index in [1.54, 1.807) is 5.56 Å². The molecule has 0 spiro atoms. The molecule has 13 heavy (non-hydrogen) atoms. The van der Waals surface area contributed by atoms with Gasteiger partial charge in [0.25, 0.3) is 0 Å². The zero-order chi connectivity index (χ0) is 9.47. The molecule has 0 nitrogen and oxygen atoms in total. The van der Waals surface area contributed by atoms with E-state index in [0.717, 1.165) is 5.02 Å². The Morgan fingerprint density at radius 2 is 2.00 bits per heavy atom. The maximum Gasteiger partial charge on any atom is 0.0521 e. The maximum absolute atomic E-state index is 5.96. The average molecular weight is 211 g/mol. The van der Waals surface area contributed by atoms with Gasteiger partial charge in [0.2, 0.25) is 0 Å². The molecule has 1 aliphatic heterocycles. The Labute approximate surface area is 85.9 Å². The van der Waals surface area contributed by atoms with Gasteiger partial charge in [0.15, 0.2) is 0 Å². The lowest BCUT2D eigenvalue weighted by Gasteiger charge is -2.29. The number of aryl methyl sites for hydroxylation is 1. The van der Waals surface area contributed by atoms with Crippen molar-refractivity contribution in [1.82, 2.24) is 0 Å². The van der Waals surface area contributed by atoms with Crippen molar-refractivity contribution in [1.29, 1.82) is 0 Å². The van der Waals surface area contributed by atoms with Crippen molar-refractivity contribution in [3.05, 3.63) is 34.3 Å². The van der Waals surface area contributed by atoms with Crippen LogP contribution in [0.2, 0.25) is 24.2 Å². The standard InChI is InChI=1S/C11H15ClSi/c1-13(2)6-5-9-7-11(12)4-3-10(9)8-13/h3-4,7H,5-6,8H2,1-2H3. The molecule has 0 radical (unpaired) electrons. The van der Waals surface area contributed by atoms with Crippen molar-refractivity contribution in [2.24, 2.45) is 0 Å². The highest BCUT2D eigenvalue weighted by Crippen LogP contribution is 2.29. The zero-order valence-electron chi connectivity index (χ0n) is 8.23. The molecule has 1 aromatic rings. The lowest BCUT2D eigenvalue weighted by molar-refractivity contribution is 0.994. The zero-order valence-corrected chi connectivity index (χ0v) is 9.99. The summed E-state index contributed by atoms with van der Waals surface area (Å²) in [6.45, 7) is 4.95. The van der Waals surface area contributed by atoms with Crippen molar-refractivity contribution in [2.45, 2.75) is 31.6 Å². The van der Waals surface area contributed by atoms with E-state index in [1.165, 1.54) is 24.1 Å². The van der Waals surface area contributed by atoms with E-state index < -0.39 is 8.07 Å². The SMILES string of the molecule is C[Si]1(C)CCc2cc(Cl)ccc2C1. The Morgan fingerprint density at radius 1 is 1.23 bits per heavy atom. The van der Waals surface area contributed by atoms with Gasteiger partial charge >= 0.3 is 0 Å². The minimum absolute atomic E-state index is 0.889. The summed E-state index contributed by atoms with van der Waals surface area (Å²) < 4.78 is 0. The highest BCUT2D eigenvalue weighted by Gasteiger charge is 2.26. The van der Waals surface area contributed by atoms with Crippen LogP contribution in [0.5, 0.6) is 0 Å². The topological polar surface area (TPSA) is 0 Å². The molecule has 0 amide bonds. The highest BCUT2D eigenvalue weighted by atomic mass is 35.5.